The van der Waals surface area contributed by atoms with E-state index in [2.05, 4.69) is 9.97 Å². The Morgan fingerprint density at radius 2 is 1.97 bits per heavy atom. The highest BCUT2D eigenvalue weighted by atomic mass is 32.2. The van der Waals surface area contributed by atoms with Gasteiger partial charge in [0.15, 0.2) is 17.3 Å². The van der Waals surface area contributed by atoms with E-state index in [1.807, 2.05) is 19.0 Å². The summed E-state index contributed by atoms with van der Waals surface area (Å²) < 4.78 is 44.7. The molecule has 1 fully saturated rings. The maximum Gasteiger partial charge on any atom is 0.243 e. The third-order valence-electron chi connectivity index (χ3n) is 4.81. The van der Waals surface area contributed by atoms with Crippen molar-refractivity contribution in [1.29, 1.82) is 0 Å². The molecule has 1 unspecified atom stereocenters. The second kappa shape index (κ2) is 8.03. The maximum atomic E-state index is 13.1. The van der Waals surface area contributed by atoms with Crippen LogP contribution in [0.2, 0.25) is 0 Å². The molecule has 0 bridgehead atoms. The van der Waals surface area contributed by atoms with Crippen molar-refractivity contribution < 1.29 is 22.6 Å². The van der Waals surface area contributed by atoms with Crippen LogP contribution in [0.4, 0.5) is 5.82 Å². The quantitative estimate of drug-likeness (QED) is 0.719. The van der Waals surface area contributed by atoms with Crippen molar-refractivity contribution in [3.63, 3.8) is 0 Å². The molecule has 3 heterocycles. The Morgan fingerprint density at radius 3 is 2.76 bits per heavy atom. The van der Waals surface area contributed by atoms with Gasteiger partial charge in [-0.15, -0.1) is 0 Å². The molecular formula is C19H24N4O5S. The number of anilines is 1. The van der Waals surface area contributed by atoms with Crippen molar-refractivity contribution in [3.8, 4) is 17.4 Å². The van der Waals surface area contributed by atoms with Gasteiger partial charge in [0, 0.05) is 33.1 Å². The fraction of sp³-hybridized carbons (Fsp3) is 0.474. The topological polar surface area (TPSA) is 94.1 Å². The van der Waals surface area contributed by atoms with Gasteiger partial charge in [-0.1, -0.05) is 0 Å². The lowest BCUT2D eigenvalue weighted by molar-refractivity contribution is 0.206. The number of fused-ring (bicyclic) bond motifs is 1. The third kappa shape index (κ3) is 4.23. The lowest BCUT2D eigenvalue weighted by atomic mass is 10.3. The average Bonchev–Trinajstić information content (AvgIpc) is 3.05. The van der Waals surface area contributed by atoms with Crippen LogP contribution in [0.1, 0.15) is 12.8 Å². The van der Waals surface area contributed by atoms with E-state index in [9.17, 15) is 8.42 Å². The first kappa shape index (κ1) is 19.7. The van der Waals surface area contributed by atoms with Crippen LogP contribution in [0.3, 0.4) is 0 Å². The number of benzene rings is 1. The van der Waals surface area contributed by atoms with Crippen LogP contribution in [0, 0.1) is 0 Å². The fourth-order valence-corrected chi connectivity index (χ4v) is 4.75. The molecule has 0 saturated carbocycles. The summed E-state index contributed by atoms with van der Waals surface area (Å²) in [6.45, 7) is 1.69. The van der Waals surface area contributed by atoms with E-state index >= 15 is 0 Å². The van der Waals surface area contributed by atoms with E-state index in [-0.39, 0.29) is 17.5 Å². The number of rotatable bonds is 5. The molecule has 4 rings (SSSR count). The molecule has 2 aliphatic heterocycles. The zero-order valence-electron chi connectivity index (χ0n) is 16.4. The van der Waals surface area contributed by atoms with Gasteiger partial charge in [-0.25, -0.2) is 8.42 Å². The number of aromatic nitrogens is 2. The van der Waals surface area contributed by atoms with Gasteiger partial charge in [0.25, 0.3) is 0 Å². The Kier molecular flexibility index (Phi) is 5.46. The van der Waals surface area contributed by atoms with Crippen LogP contribution >= 0.6 is 0 Å². The van der Waals surface area contributed by atoms with E-state index in [0.717, 1.165) is 6.42 Å². The highest BCUT2D eigenvalue weighted by Crippen LogP contribution is 2.33. The normalized spacial score (nSPS) is 19.6. The van der Waals surface area contributed by atoms with Crippen LogP contribution in [-0.2, 0) is 10.0 Å². The fourth-order valence-electron chi connectivity index (χ4n) is 3.25. The number of ether oxygens (including phenoxy) is 3. The predicted molar refractivity (Wildman–Crippen MR) is 106 cm³/mol. The van der Waals surface area contributed by atoms with Gasteiger partial charge in [0.1, 0.15) is 6.10 Å². The van der Waals surface area contributed by atoms with Crippen LogP contribution in [0.5, 0.6) is 17.4 Å². The van der Waals surface area contributed by atoms with Gasteiger partial charge >= 0.3 is 0 Å². The zero-order valence-corrected chi connectivity index (χ0v) is 17.3. The lowest BCUT2D eigenvalue weighted by Gasteiger charge is -2.18. The Labute approximate surface area is 170 Å². The van der Waals surface area contributed by atoms with E-state index in [1.165, 1.54) is 16.6 Å². The summed E-state index contributed by atoms with van der Waals surface area (Å²) in [6.07, 6.45) is 4.24. The molecule has 1 aromatic heterocycles. The smallest absolute Gasteiger partial charge is 0.243 e. The Morgan fingerprint density at radius 1 is 1.17 bits per heavy atom. The average molecular weight is 420 g/mol. The molecule has 156 valence electrons. The van der Waals surface area contributed by atoms with E-state index in [0.29, 0.717) is 49.4 Å². The highest BCUT2D eigenvalue weighted by molar-refractivity contribution is 7.89. The van der Waals surface area contributed by atoms with E-state index < -0.39 is 10.0 Å². The SMILES string of the molecule is CN(C)c1cncc(OC2CCN(S(=O)(=O)c3ccc4c(c3)OCCCO4)C2)n1. The Balaban J connectivity index is 1.47. The minimum absolute atomic E-state index is 0.191. The first-order valence-corrected chi connectivity index (χ1v) is 10.9. The number of nitrogens with zero attached hydrogens (tertiary/aromatic N) is 4. The number of hydrogen-bond acceptors (Lipinski definition) is 8. The molecule has 9 nitrogen and oxygen atoms in total. The summed E-state index contributed by atoms with van der Waals surface area (Å²) >= 11 is 0. The molecule has 0 radical (unpaired) electrons. The Bertz CT molecular complexity index is 982. The summed E-state index contributed by atoms with van der Waals surface area (Å²) in [5.74, 6) is 2.10. The minimum atomic E-state index is -3.66. The van der Waals surface area contributed by atoms with Crippen molar-refractivity contribution in [2.45, 2.75) is 23.8 Å². The molecule has 29 heavy (non-hydrogen) atoms. The van der Waals surface area contributed by atoms with Crippen molar-refractivity contribution >= 4 is 15.8 Å². The zero-order chi connectivity index (χ0) is 20.4. The van der Waals surface area contributed by atoms with Crippen molar-refractivity contribution in [2.24, 2.45) is 0 Å². The van der Waals surface area contributed by atoms with Crippen LogP contribution < -0.4 is 19.1 Å². The second-order valence-corrected chi connectivity index (χ2v) is 9.10. The van der Waals surface area contributed by atoms with Crippen molar-refractivity contribution in [2.75, 3.05) is 45.3 Å². The standard InChI is InChI=1S/C19H24N4O5S/c1-22(2)18-11-20-12-19(21-18)28-14-6-7-23(13-14)29(24,25)15-4-5-16-17(10-15)27-9-3-8-26-16/h4-5,10-12,14H,3,6-9,13H2,1-2H3. The Hall–Kier alpha value is -2.59. The van der Waals surface area contributed by atoms with E-state index in [1.54, 1.807) is 18.3 Å². The van der Waals surface area contributed by atoms with Crippen LogP contribution in [0.15, 0.2) is 35.5 Å². The third-order valence-corrected chi connectivity index (χ3v) is 6.67. The summed E-state index contributed by atoms with van der Waals surface area (Å²) in [6, 6.07) is 4.75. The largest absolute Gasteiger partial charge is 0.490 e. The van der Waals surface area contributed by atoms with Gasteiger partial charge < -0.3 is 19.1 Å². The monoisotopic (exact) mass is 420 g/mol. The van der Waals surface area contributed by atoms with Crippen LogP contribution in [-0.4, -0.2) is 69.2 Å². The lowest BCUT2D eigenvalue weighted by Crippen LogP contribution is -2.31. The van der Waals surface area contributed by atoms with Crippen molar-refractivity contribution in [1.82, 2.24) is 14.3 Å². The van der Waals surface area contributed by atoms with Gasteiger partial charge in [-0.3, -0.25) is 4.98 Å². The molecular weight excluding hydrogens is 396 g/mol. The first-order valence-electron chi connectivity index (χ1n) is 9.49. The molecule has 1 saturated heterocycles. The summed E-state index contributed by atoms with van der Waals surface area (Å²) in [5, 5.41) is 0. The summed E-state index contributed by atoms with van der Waals surface area (Å²) in [5.41, 5.74) is 0. The van der Waals surface area contributed by atoms with Gasteiger partial charge in [-0.05, 0) is 18.6 Å². The molecule has 2 aromatic rings. The summed E-state index contributed by atoms with van der Waals surface area (Å²) in [4.78, 5) is 10.5. The minimum Gasteiger partial charge on any atom is -0.490 e. The van der Waals surface area contributed by atoms with Gasteiger partial charge in [-0.2, -0.15) is 9.29 Å². The highest BCUT2D eigenvalue weighted by Gasteiger charge is 2.34. The first-order chi connectivity index (χ1) is 13.9. The molecule has 0 N–H and O–H groups in total. The molecule has 1 atom stereocenters. The number of hydrogen-bond donors (Lipinski definition) is 0. The molecule has 10 heteroatoms. The predicted octanol–water partition coefficient (Wildman–Crippen LogP) is 1.55. The summed E-state index contributed by atoms with van der Waals surface area (Å²) in [7, 11) is 0.0787. The molecule has 0 aliphatic carbocycles. The van der Waals surface area contributed by atoms with Crippen molar-refractivity contribution in [3.05, 3.63) is 30.6 Å². The van der Waals surface area contributed by atoms with E-state index in [4.69, 9.17) is 14.2 Å². The molecule has 0 amide bonds. The molecule has 2 aliphatic rings. The number of sulfonamides is 1. The molecule has 1 aromatic carbocycles. The second-order valence-electron chi connectivity index (χ2n) is 7.16. The van der Waals surface area contributed by atoms with Gasteiger partial charge in [0.05, 0.1) is 37.0 Å². The van der Waals surface area contributed by atoms with Gasteiger partial charge in [0.2, 0.25) is 15.9 Å². The molecule has 0 spiro atoms. The maximum absolute atomic E-state index is 13.1. The van der Waals surface area contributed by atoms with Crippen LogP contribution in [0.25, 0.3) is 0 Å².